The molecule has 0 saturated heterocycles. The molecule has 3 heterocycles. The average Bonchev–Trinajstić information content (AvgIpc) is 3.21. The van der Waals surface area contributed by atoms with Gasteiger partial charge in [-0.05, 0) is 30.2 Å². The molecule has 5 rings (SSSR count). The zero-order valence-corrected chi connectivity index (χ0v) is 16.2. The summed E-state index contributed by atoms with van der Waals surface area (Å²) in [5.74, 6) is -2.04. The molecule has 2 aromatic rings. The average molecular weight is 402 g/mol. The van der Waals surface area contributed by atoms with E-state index in [0.29, 0.717) is 12.1 Å². The Morgan fingerprint density at radius 3 is 2.37 bits per heavy atom. The van der Waals surface area contributed by atoms with Gasteiger partial charge in [0.1, 0.15) is 12.1 Å². The lowest BCUT2D eigenvalue weighted by Gasteiger charge is -2.29. The molecule has 3 aliphatic rings. The van der Waals surface area contributed by atoms with Crippen LogP contribution in [0, 0.1) is 0 Å². The zero-order chi connectivity index (χ0) is 21.0. The third-order valence-corrected chi connectivity index (χ3v) is 5.73. The van der Waals surface area contributed by atoms with Gasteiger partial charge in [-0.3, -0.25) is 24.2 Å². The topological polar surface area (TPSA) is 84.0 Å². The van der Waals surface area contributed by atoms with Gasteiger partial charge in [0, 0.05) is 6.42 Å². The van der Waals surface area contributed by atoms with Gasteiger partial charge in [0.05, 0.1) is 23.4 Å². The summed E-state index contributed by atoms with van der Waals surface area (Å²) in [6.45, 7) is 1.90. The molecule has 0 unspecified atom stereocenters. The van der Waals surface area contributed by atoms with Crippen LogP contribution in [0.15, 0.2) is 48.5 Å². The largest absolute Gasteiger partial charge is 0.464 e. The Hall–Kier alpha value is -3.74. The molecular formula is C23H18N2O5. The van der Waals surface area contributed by atoms with Crippen LogP contribution in [-0.2, 0) is 20.7 Å². The molecule has 7 heteroatoms. The molecule has 7 nitrogen and oxygen atoms in total. The first-order valence-corrected chi connectivity index (χ1v) is 9.79. The molecule has 0 saturated carbocycles. The number of para-hydroxylation sites is 1. The monoisotopic (exact) mass is 402 g/mol. The number of hydrogen-bond donors (Lipinski definition) is 0. The fraction of sp³-hybridized carbons (Fsp3) is 0.217. The highest BCUT2D eigenvalue weighted by atomic mass is 16.5. The number of carbonyl (C=O) groups excluding carboxylic acids is 4. The number of carbonyl (C=O) groups is 4. The lowest BCUT2D eigenvalue weighted by Crippen LogP contribution is -2.53. The van der Waals surface area contributed by atoms with Gasteiger partial charge in [0.15, 0.2) is 0 Å². The second-order valence-corrected chi connectivity index (χ2v) is 7.37. The molecule has 30 heavy (non-hydrogen) atoms. The van der Waals surface area contributed by atoms with Crippen molar-refractivity contribution in [2.45, 2.75) is 25.4 Å². The lowest BCUT2D eigenvalue weighted by molar-refractivity contribution is -0.145. The molecule has 0 N–H and O–H groups in total. The van der Waals surface area contributed by atoms with Crippen LogP contribution in [0.2, 0.25) is 0 Å². The summed E-state index contributed by atoms with van der Waals surface area (Å²) < 4.78 is 5.20. The molecule has 0 aromatic heterocycles. The Morgan fingerprint density at radius 2 is 1.70 bits per heavy atom. The smallest absolute Gasteiger partial charge is 0.329 e. The van der Waals surface area contributed by atoms with Crippen molar-refractivity contribution < 1.29 is 23.9 Å². The van der Waals surface area contributed by atoms with Crippen LogP contribution >= 0.6 is 0 Å². The maximum absolute atomic E-state index is 13.6. The minimum absolute atomic E-state index is 0.195. The minimum atomic E-state index is -1.15. The number of anilines is 1. The highest BCUT2D eigenvalue weighted by Gasteiger charge is 2.48. The van der Waals surface area contributed by atoms with Gasteiger partial charge in [-0.2, -0.15) is 0 Å². The minimum Gasteiger partial charge on any atom is -0.464 e. The third-order valence-electron chi connectivity index (χ3n) is 5.73. The summed E-state index contributed by atoms with van der Waals surface area (Å²) in [4.78, 5) is 54.6. The van der Waals surface area contributed by atoms with Gasteiger partial charge in [-0.1, -0.05) is 42.5 Å². The van der Waals surface area contributed by atoms with Crippen LogP contribution < -0.4 is 4.90 Å². The maximum Gasteiger partial charge on any atom is 0.329 e. The van der Waals surface area contributed by atoms with Gasteiger partial charge >= 0.3 is 5.97 Å². The highest BCUT2D eigenvalue weighted by Crippen LogP contribution is 2.40. The number of nitrogens with zero attached hydrogens (tertiary/aromatic N) is 2. The van der Waals surface area contributed by atoms with Gasteiger partial charge in [0.25, 0.3) is 17.7 Å². The quantitative estimate of drug-likeness (QED) is 0.581. The SMILES string of the molecule is CCOC(=O)[C@@H]1Cc2cccc3c2N1C(=O)[C@@H](N1C(=O)c2ccccc2C1=O)C=C3. The Morgan fingerprint density at radius 1 is 1.00 bits per heavy atom. The Kier molecular flexibility index (Phi) is 4.06. The third kappa shape index (κ3) is 2.45. The van der Waals surface area contributed by atoms with Crippen molar-refractivity contribution in [1.82, 2.24) is 4.90 Å². The van der Waals surface area contributed by atoms with Crippen LogP contribution in [0.4, 0.5) is 5.69 Å². The number of ether oxygens (including phenoxy) is 1. The molecule has 0 aliphatic carbocycles. The van der Waals surface area contributed by atoms with Gasteiger partial charge in [0.2, 0.25) is 0 Å². The Labute approximate surface area is 172 Å². The highest BCUT2D eigenvalue weighted by molar-refractivity contribution is 6.24. The molecule has 0 fully saturated rings. The normalized spacial score (nSPS) is 21.6. The van der Waals surface area contributed by atoms with E-state index >= 15 is 0 Å². The summed E-state index contributed by atoms with van der Waals surface area (Å²) >= 11 is 0. The number of fused-ring (bicyclic) bond motifs is 1. The summed E-state index contributed by atoms with van der Waals surface area (Å²) in [5, 5.41) is 0. The Bertz CT molecular complexity index is 1120. The molecule has 3 aliphatic heterocycles. The van der Waals surface area contributed by atoms with Crippen molar-refractivity contribution >= 4 is 35.5 Å². The van der Waals surface area contributed by atoms with Crippen molar-refractivity contribution in [2.75, 3.05) is 11.5 Å². The fourth-order valence-corrected chi connectivity index (χ4v) is 4.43. The predicted molar refractivity (Wildman–Crippen MR) is 108 cm³/mol. The number of esters is 1. The van der Waals surface area contributed by atoms with E-state index in [2.05, 4.69) is 0 Å². The van der Waals surface area contributed by atoms with Crippen LogP contribution in [0.5, 0.6) is 0 Å². The first kappa shape index (κ1) is 18.3. The second kappa shape index (κ2) is 6.66. The number of rotatable bonds is 3. The van der Waals surface area contributed by atoms with E-state index in [-0.39, 0.29) is 17.7 Å². The summed E-state index contributed by atoms with van der Waals surface area (Å²) in [5.41, 5.74) is 2.79. The van der Waals surface area contributed by atoms with Crippen LogP contribution in [0.3, 0.4) is 0 Å². The maximum atomic E-state index is 13.6. The van der Waals surface area contributed by atoms with Gasteiger partial charge < -0.3 is 4.74 Å². The van der Waals surface area contributed by atoms with Crippen LogP contribution in [-0.4, -0.2) is 47.3 Å². The zero-order valence-electron chi connectivity index (χ0n) is 16.2. The molecule has 3 amide bonds. The number of amides is 3. The van der Waals surface area contributed by atoms with Gasteiger partial charge in [-0.25, -0.2) is 4.79 Å². The van der Waals surface area contributed by atoms with Gasteiger partial charge in [-0.15, -0.1) is 0 Å². The standard InChI is InChI=1S/C23H18N2O5/c1-2-30-23(29)18-12-14-7-5-6-13-10-11-17(22(28)24(18)19(13)14)25-20(26)15-8-3-4-9-16(15)21(25)27/h3-11,17-18H,2,12H2,1H3/t17-,18-/m0/s1. The molecule has 0 bridgehead atoms. The van der Waals surface area contributed by atoms with E-state index in [1.54, 1.807) is 43.3 Å². The number of imide groups is 1. The summed E-state index contributed by atoms with van der Waals surface area (Å²) in [6, 6.07) is 10.1. The van der Waals surface area contributed by atoms with E-state index in [1.165, 1.54) is 4.90 Å². The predicted octanol–water partition coefficient (Wildman–Crippen LogP) is 2.20. The first-order valence-electron chi connectivity index (χ1n) is 9.79. The van der Waals surface area contributed by atoms with Crippen molar-refractivity contribution in [2.24, 2.45) is 0 Å². The molecule has 0 spiro atoms. The number of hydrogen-bond acceptors (Lipinski definition) is 5. The summed E-state index contributed by atoms with van der Waals surface area (Å²) in [7, 11) is 0. The van der Waals surface area contributed by atoms with Crippen molar-refractivity contribution in [3.63, 3.8) is 0 Å². The van der Waals surface area contributed by atoms with Crippen molar-refractivity contribution in [1.29, 1.82) is 0 Å². The molecule has 2 atom stereocenters. The van der Waals surface area contributed by atoms with E-state index in [4.69, 9.17) is 4.74 Å². The molecule has 150 valence electrons. The Balaban J connectivity index is 1.59. The summed E-state index contributed by atoms with van der Waals surface area (Å²) in [6.07, 6.45) is 3.62. The molecule has 2 aromatic carbocycles. The fourth-order valence-electron chi connectivity index (χ4n) is 4.43. The van der Waals surface area contributed by atoms with E-state index in [9.17, 15) is 19.2 Å². The first-order chi connectivity index (χ1) is 14.5. The molecule has 0 radical (unpaired) electrons. The van der Waals surface area contributed by atoms with E-state index < -0.39 is 35.8 Å². The van der Waals surface area contributed by atoms with Crippen LogP contribution in [0.1, 0.15) is 38.8 Å². The second-order valence-electron chi connectivity index (χ2n) is 7.37. The van der Waals surface area contributed by atoms with Crippen molar-refractivity contribution in [3.05, 3.63) is 70.8 Å². The number of benzene rings is 2. The van der Waals surface area contributed by atoms with Crippen LogP contribution in [0.25, 0.3) is 6.08 Å². The van der Waals surface area contributed by atoms with Crippen molar-refractivity contribution in [3.8, 4) is 0 Å². The van der Waals surface area contributed by atoms with E-state index in [1.807, 2.05) is 18.2 Å². The molecular weight excluding hydrogens is 384 g/mol. The lowest BCUT2D eigenvalue weighted by atomic mass is 10.1. The van der Waals surface area contributed by atoms with E-state index in [0.717, 1.165) is 16.0 Å².